The fourth-order valence-electron chi connectivity index (χ4n) is 2.31. The van der Waals surface area contributed by atoms with E-state index in [4.69, 9.17) is 4.74 Å². The monoisotopic (exact) mass is 273 g/mol. The van der Waals surface area contributed by atoms with E-state index in [9.17, 15) is 4.39 Å². The average molecular weight is 273 g/mol. The SMILES string of the molecule is Cc1nc(-c2ccccc2F)cc(N2CCOCC2)n1. The standard InChI is InChI=1S/C15H16FN3O/c1-11-17-14(12-4-2-3-5-13(12)16)10-15(18-11)19-6-8-20-9-7-19/h2-5,10H,6-9H2,1H3. The normalized spacial score (nSPS) is 15.4. The van der Waals surface area contributed by atoms with Gasteiger partial charge in [0.2, 0.25) is 0 Å². The van der Waals surface area contributed by atoms with Crippen LogP contribution in [0.25, 0.3) is 11.3 Å². The highest BCUT2D eigenvalue weighted by Crippen LogP contribution is 2.24. The van der Waals surface area contributed by atoms with Crippen molar-refractivity contribution in [3.8, 4) is 11.3 Å². The van der Waals surface area contributed by atoms with Crippen molar-refractivity contribution in [3.05, 3.63) is 42.0 Å². The molecule has 20 heavy (non-hydrogen) atoms. The highest BCUT2D eigenvalue weighted by atomic mass is 19.1. The molecule has 0 aliphatic carbocycles. The first-order valence-electron chi connectivity index (χ1n) is 6.67. The van der Waals surface area contributed by atoms with Crippen molar-refractivity contribution in [3.63, 3.8) is 0 Å². The number of benzene rings is 1. The van der Waals surface area contributed by atoms with Crippen molar-refractivity contribution in [1.29, 1.82) is 0 Å². The number of nitrogens with zero attached hydrogens (tertiary/aromatic N) is 3. The molecule has 1 aliphatic heterocycles. The van der Waals surface area contributed by atoms with E-state index in [-0.39, 0.29) is 5.82 Å². The number of morpholine rings is 1. The molecule has 1 saturated heterocycles. The maximum Gasteiger partial charge on any atom is 0.133 e. The summed E-state index contributed by atoms with van der Waals surface area (Å²) in [5.74, 6) is 1.21. The summed E-state index contributed by atoms with van der Waals surface area (Å²) in [7, 11) is 0. The van der Waals surface area contributed by atoms with Crippen molar-refractivity contribution < 1.29 is 9.13 Å². The van der Waals surface area contributed by atoms with Crippen LogP contribution in [0.2, 0.25) is 0 Å². The molecule has 0 bridgehead atoms. The van der Waals surface area contributed by atoms with Crippen LogP contribution in [0.3, 0.4) is 0 Å². The number of hydrogen-bond acceptors (Lipinski definition) is 4. The molecule has 2 heterocycles. The van der Waals surface area contributed by atoms with Crippen LogP contribution < -0.4 is 4.90 Å². The fraction of sp³-hybridized carbons (Fsp3) is 0.333. The van der Waals surface area contributed by atoms with E-state index < -0.39 is 0 Å². The topological polar surface area (TPSA) is 38.2 Å². The molecule has 0 atom stereocenters. The number of halogens is 1. The molecule has 1 aromatic heterocycles. The Balaban J connectivity index is 2.00. The zero-order chi connectivity index (χ0) is 13.9. The Morgan fingerprint density at radius 3 is 2.65 bits per heavy atom. The minimum absolute atomic E-state index is 0.265. The van der Waals surface area contributed by atoms with Crippen LogP contribution in [0.4, 0.5) is 10.2 Å². The van der Waals surface area contributed by atoms with E-state index in [0.29, 0.717) is 30.3 Å². The molecule has 104 valence electrons. The van der Waals surface area contributed by atoms with Crippen molar-refractivity contribution in [2.45, 2.75) is 6.92 Å². The van der Waals surface area contributed by atoms with Gasteiger partial charge in [-0.3, -0.25) is 0 Å². The zero-order valence-electron chi connectivity index (χ0n) is 11.3. The van der Waals surface area contributed by atoms with Gasteiger partial charge < -0.3 is 9.64 Å². The molecule has 1 aromatic carbocycles. The summed E-state index contributed by atoms with van der Waals surface area (Å²) < 4.78 is 19.2. The summed E-state index contributed by atoms with van der Waals surface area (Å²) in [5.41, 5.74) is 1.13. The summed E-state index contributed by atoms with van der Waals surface area (Å²) in [6, 6.07) is 8.51. The average Bonchev–Trinajstić information content (AvgIpc) is 2.48. The molecule has 2 aromatic rings. The molecule has 0 saturated carbocycles. The van der Waals surface area contributed by atoms with E-state index >= 15 is 0 Å². The Morgan fingerprint density at radius 2 is 1.90 bits per heavy atom. The smallest absolute Gasteiger partial charge is 0.133 e. The number of hydrogen-bond donors (Lipinski definition) is 0. The molecule has 0 unspecified atom stereocenters. The molecule has 1 fully saturated rings. The molecule has 5 heteroatoms. The summed E-state index contributed by atoms with van der Waals surface area (Å²) in [5, 5.41) is 0. The molecular weight excluding hydrogens is 257 g/mol. The second kappa shape index (κ2) is 5.54. The number of ether oxygens (including phenoxy) is 1. The summed E-state index contributed by atoms with van der Waals surface area (Å²) in [6.07, 6.45) is 0. The number of aryl methyl sites for hydroxylation is 1. The molecule has 1 aliphatic rings. The molecule has 0 spiro atoms. The van der Waals surface area contributed by atoms with Crippen molar-refractivity contribution in [1.82, 2.24) is 9.97 Å². The van der Waals surface area contributed by atoms with Crippen LogP contribution in [0.1, 0.15) is 5.82 Å². The molecular formula is C15H16FN3O. The van der Waals surface area contributed by atoms with Gasteiger partial charge in [-0.25, -0.2) is 14.4 Å². The predicted octanol–water partition coefficient (Wildman–Crippen LogP) is 2.43. The molecule has 0 N–H and O–H groups in total. The lowest BCUT2D eigenvalue weighted by molar-refractivity contribution is 0.122. The van der Waals surface area contributed by atoms with Crippen LogP contribution in [0.5, 0.6) is 0 Å². The largest absolute Gasteiger partial charge is 0.378 e. The van der Waals surface area contributed by atoms with Crippen molar-refractivity contribution >= 4 is 5.82 Å². The van der Waals surface area contributed by atoms with Gasteiger partial charge in [0, 0.05) is 24.7 Å². The van der Waals surface area contributed by atoms with Gasteiger partial charge in [0.15, 0.2) is 0 Å². The van der Waals surface area contributed by atoms with Crippen LogP contribution >= 0.6 is 0 Å². The van der Waals surface area contributed by atoms with Gasteiger partial charge in [0.1, 0.15) is 17.5 Å². The van der Waals surface area contributed by atoms with Crippen molar-refractivity contribution in [2.75, 3.05) is 31.2 Å². The third-order valence-electron chi connectivity index (χ3n) is 3.31. The first-order valence-corrected chi connectivity index (χ1v) is 6.67. The number of rotatable bonds is 2. The minimum atomic E-state index is -0.265. The minimum Gasteiger partial charge on any atom is -0.378 e. The maximum atomic E-state index is 13.9. The van der Waals surface area contributed by atoms with E-state index in [2.05, 4.69) is 14.9 Å². The van der Waals surface area contributed by atoms with Gasteiger partial charge in [0.25, 0.3) is 0 Å². The predicted molar refractivity (Wildman–Crippen MR) is 75.2 cm³/mol. The van der Waals surface area contributed by atoms with Gasteiger partial charge in [-0.05, 0) is 19.1 Å². The Labute approximate surface area is 117 Å². The van der Waals surface area contributed by atoms with Crippen LogP contribution in [-0.2, 0) is 4.74 Å². The van der Waals surface area contributed by atoms with Crippen LogP contribution in [-0.4, -0.2) is 36.3 Å². The van der Waals surface area contributed by atoms with Gasteiger partial charge in [-0.1, -0.05) is 12.1 Å². The maximum absolute atomic E-state index is 13.9. The summed E-state index contributed by atoms with van der Waals surface area (Å²) >= 11 is 0. The summed E-state index contributed by atoms with van der Waals surface area (Å²) in [4.78, 5) is 10.9. The van der Waals surface area contributed by atoms with Gasteiger partial charge >= 0.3 is 0 Å². The van der Waals surface area contributed by atoms with E-state index in [1.807, 2.05) is 19.1 Å². The van der Waals surface area contributed by atoms with Gasteiger partial charge in [0.05, 0.1) is 18.9 Å². The number of anilines is 1. The quantitative estimate of drug-likeness (QED) is 0.842. The zero-order valence-corrected chi connectivity index (χ0v) is 11.3. The second-order valence-corrected chi connectivity index (χ2v) is 4.74. The van der Waals surface area contributed by atoms with E-state index in [1.165, 1.54) is 6.07 Å². The van der Waals surface area contributed by atoms with Crippen molar-refractivity contribution in [2.24, 2.45) is 0 Å². The highest BCUT2D eigenvalue weighted by molar-refractivity contribution is 5.63. The number of aromatic nitrogens is 2. The first-order chi connectivity index (χ1) is 9.74. The van der Waals surface area contributed by atoms with Gasteiger partial charge in [-0.2, -0.15) is 0 Å². The molecule has 4 nitrogen and oxygen atoms in total. The Kier molecular flexibility index (Phi) is 3.60. The second-order valence-electron chi connectivity index (χ2n) is 4.74. The highest BCUT2D eigenvalue weighted by Gasteiger charge is 2.15. The Morgan fingerprint density at radius 1 is 1.15 bits per heavy atom. The van der Waals surface area contributed by atoms with Crippen LogP contribution in [0.15, 0.2) is 30.3 Å². The molecule has 0 radical (unpaired) electrons. The third kappa shape index (κ3) is 2.63. The lowest BCUT2D eigenvalue weighted by Gasteiger charge is -2.28. The lowest BCUT2D eigenvalue weighted by atomic mass is 10.1. The Hall–Kier alpha value is -2.01. The first kappa shape index (κ1) is 13.0. The van der Waals surface area contributed by atoms with Crippen LogP contribution in [0, 0.1) is 12.7 Å². The van der Waals surface area contributed by atoms with Gasteiger partial charge in [-0.15, -0.1) is 0 Å². The third-order valence-corrected chi connectivity index (χ3v) is 3.31. The fourth-order valence-corrected chi connectivity index (χ4v) is 2.31. The molecule has 3 rings (SSSR count). The molecule has 0 amide bonds. The Bertz CT molecular complexity index is 612. The van der Waals surface area contributed by atoms with E-state index in [0.717, 1.165) is 18.9 Å². The van der Waals surface area contributed by atoms with E-state index in [1.54, 1.807) is 12.1 Å². The summed E-state index contributed by atoms with van der Waals surface area (Å²) in [6.45, 7) is 4.81. The lowest BCUT2D eigenvalue weighted by Crippen LogP contribution is -2.36.